The van der Waals surface area contributed by atoms with E-state index >= 15 is 0 Å². The number of hydrogen-bond donors (Lipinski definition) is 2. The van der Waals surface area contributed by atoms with Gasteiger partial charge >= 0.3 is 0 Å². The number of benzene rings is 2. The molecule has 0 heterocycles. The van der Waals surface area contributed by atoms with Gasteiger partial charge in [0, 0.05) is 23.4 Å². The maximum absolute atomic E-state index is 13.8. The lowest BCUT2D eigenvalue weighted by atomic mass is 10.1. The Morgan fingerprint density at radius 2 is 1.90 bits per heavy atom. The molecule has 0 amide bonds. The molecule has 2 N–H and O–H groups in total. The second-order valence-corrected chi connectivity index (χ2v) is 4.74. The molecule has 2 aromatic rings. The number of nitrogens with zero attached hydrogens (tertiary/aromatic N) is 1. The van der Waals surface area contributed by atoms with Crippen molar-refractivity contribution in [2.24, 2.45) is 4.99 Å². The number of phenols is 2. The molecular weight excluding hydrogens is 269 g/mol. The highest BCUT2D eigenvalue weighted by atomic mass is 19.1. The Morgan fingerprint density at radius 3 is 2.52 bits per heavy atom. The van der Waals surface area contributed by atoms with Gasteiger partial charge in [0.1, 0.15) is 17.3 Å². The lowest BCUT2D eigenvalue weighted by Crippen LogP contribution is -1.98. The fourth-order valence-electron chi connectivity index (χ4n) is 2.07. The van der Waals surface area contributed by atoms with Crippen LogP contribution in [0.15, 0.2) is 41.9 Å². The van der Waals surface area contributed by atoms with Crippen LogP contribution >= 0.6 is 0 Å². The lowest BCUT2D eigenvalue weighted by Gasteiger charge is -2.08. The van der Waals surface area contributed by atoms with Crippen LogP contribution in [0.2, 0.25) is 0 Å². The molecule has 21 heavy (non-hydrogen) atoms. The highest BCUT2D eigenvalue weighted by Gasteiger charge is 2.09. The van der Waals surface area contributed by atoms with Crippen molar-refractivity contribution >= 4 is 17.5 Å². The van der Waals surface area contributed by atoms with Gasteiger partial charge in [-0.1, -0.05) is 12.7 Å². The Bertz CT molecular complexity index is 736. The zero-order valence-electron chi connectivity index (χ0n) is 11.9. The normalized spacial score (nSPS) is 11.5. The Balaban J connectivity index is 2.53. The van der Waals surface area contributed by atoms with Crippen LogP contribution in [0.3, 0.4) is 0 Å². The molecule has 2 rings (SSSR count). The van der Waals surface area contributed by atoms with Gasteiger partial charge in [0.2, 0.25) is 0 Å². The van der Waals surface area contributed by atoms with Crippen LogP contribution in [-0.4, -0.2) is 15.9 Å². The molecule has 0 fully saturated rings. The summed E-state index contributed by atoms with van der Waals surface area (Å²) in [5.41, 5.74) is 2.93. The first-order valence-electron chi connectivity index (χ1n) is 6.42. The van der Waals surface area contributed by atoms with Crippen molar-refractivity contribution in [3.63, 3.8) is 0 Å². The molecule has 3 nitrogen and oxygen atoms in total. The summed E-state index contributed by atoms with van der Waals surface area (Å²) in [4.78, 5) is 4.38. The van der Waals surface area contributed by atoms with Crippen LogP contribution in [0.1, 0.15) is 23.6 Å². The van der Waals surface area contributed by atoms with E-state index in [2.05, 4.69) is 11.6 Å². The Morgan fingerprint density at radius 1 is 1.19 bits per heavy atom. The van der Waals surface area contributed by atoms with Crippen molar-refractivity contribution in [1.29, 1.82) is 0 Å². The molecular formula is C17H16FNO2. The number of aromatic hydroxyl groups is 2. The average molecular weight is 285 g/mol. The lowest BCUT2D eigenvalue weighted by molar-refractivity contribution is 0.469. The molecule has 0 atom stereocenters. The van der Waals surface area contributed by atoms with Gasteiger partial charge in [-0.15, -0.1) is 0 Å². The van der Waals surface area contributed by atoms with Gasteiger partial charge < -0.3 is 10.2 Å². The smallest absolute Gasteiger partial charge is 0.135 e. The maximum Gasteiger partial charge on any atom is 0.135 e. The molecule has 2 aromatic carbocycles. The number of hydrogen-bond acceptors (Lipinski definition) is 3. The number of phenolic OH excluding ortho intramolecular Hbond substituents is 2. The number of rotatable bonds is 3. The van der Waals surface area contributed by atoms with Crippen molar-refractivity contribution in [3.8, 4) is 11.5 Å². The second kappa shape index (κ2) is 5.79. The molecule has 0 aromatic heterocycles. The van der Waals surface area contributed by atoms with E-state index in [0.29, 0.717) is 17.0 Å². The Kier molecular flexibility index (Phi) is 4.08. The predicted molar refractivity (Wildman–Crippen MR) is 82.9 cm³/mol. The molecule has 0 saturated carbocycles. The number of aliphatic imine (C=N–C) groups is 1. The van der Waals surface area contributed by atoms with E-state index in [9.17, 15) is 14.6 Å². The fourth-order valence-corrected chi connectivity index (χ4v) is 2.07. The summed E-state index contributed by atoms with van der Waals surface area (Å²) < 4.78 is 13.8. The fraction of sp³-hybridized carbons (Fsp3) is 0.118. The van der Waals surface area contributed by atoms with Crippen LogP contribution in [0.4, 0.5) is 10.1 Å². The standard InChI is InChI=1S/C17H16FNO2/c1-4-12-7-14(21)9-17(10(12)2)19-11(3)15-6-5-13(20)8-16(15)18/h4-9,20-21H,1H2,2-3H3. The predicted octanol–water partition coefficient (Wildman–Crippen LogP) is 4.33. The Labute approximate surface area is 122 Å². The third-order valence-electron chi connectivity index (χ3n) is 3.26. The minimum atomic E-state index is -0.544. The van der Waals surface area contributed by atoms with Gasteiger partial charge in [0.15, 0.2) is 0 Å². The molecule has 0 aliphatic heterocycles. The van der Waals surface area contributed by atoms with Gasteiger partial charge in [-0.2, -0.15) is 0 Å². The third kappa shape index (κ3) is 3.11. The van der Waals surface area contributed by atoms with Crippen LogP contribution < -0.4 is 0 Å². The molecule has 0 spiro atoms. The molecule has 0 radical (unpaired) electrons. The van der Waals surface area contributed by atoms with Crippen LogP contribution in [0.25, 0.3) is 6.08 Å². The zero-order chi connectivity index (χ0) is 15.6. The first kappa shape index (κ1) is 14.8. The summed E-state index contributed by atoms with van der Waals surface area (Å²) in [5.74, 6) is -0.599. The summed E-state index contributed by atoms with van der Waals surface area (Å²) in [6.07, 6.45) is 1.63. The van der Waals surface area contributed by atoms with Gasteiger partial charge in [0.05, 0.1) is 5.69 Å². The van der Waals surface area contributed by atoms with Gasteiger partial charge in [-0.3, -0.25) is 4.99 Å². The van der Waals surface area contributed by atoms with Crippen LogP contribution in [0, 0.1) is 12.7 Å². The van der Waals surface area contributed by atoms with E-state index in [0.717, 1.165) is 17.2 Å². The summed E-state index contributed by atoms with van der Waals surface area (Å²) >= 11 is 0. The molecule has 0 bridgehead atoms. The van der Waals surface area contributed by atoms with Crippen molar-refractivity contribution in [2.75, 3.05) is 0 Å². The van der Waals surface area contributed by atoms with Crippen LogP contribution in [-0.2, 0) is 0 Å². The minimum absolute atomic E-state index is 0.0771. The molecule has 0 unspecified atom stereocenters. The number of halogens is 1. The first-order valence-corrected chi connectivity index (χ1v) is 6.42. The zero-order valence-corrected chi connectivity index (χ0v) is 11.9. The summed E-state index contributed by atoms with van der Waals surface area (Å²) in [5, 5.41) is 18.9. The second-order valence-electron chi connectivity index (χ2n) is 4.74. The van der Waals surface area contributed by atoms with Gasteiger partial charge in [0.25, 0.3) is 0 Å². The first-order chi connectivity index (χ1) is 9.92. The SMILES string of the molecule is C=Cc1cc(O)cc(N=C(C)c2ccc(O)cc2F)c1C. The van der Waals surface area contributed by atoms with Crippen molar-refractivity contribution < 1.29 is 14.6 Å². The maximum atomic E-state index is 13.8. The topological polar surface area (TPSA) is 52.8 Å². The van der Waals surface area contributed by atoms with Crippen LogP contribution in [0.5, 0.6) is 11.5 Å². The van der Waals surface area contributed by atoms with Crippen molar-refractivity contribution in [1.82, 2.24) is 0 Å². The summed E-state index contributed by atoms with van der Waals surface area (Å²) in [6.45, 7) is 7.22. The Hall–Kier alpha value is -2.62. The molecule has 108 valence electrons. The van der Waals surface area contributed by atoms with E-state index in [1.165, 1.54) is 18.2 Å². The monoisotopic (exact) mass is 285 g/mol. The van der Waals surface area contributed by atoms with E-state index in [4.69, 9.17) is 0 Å². The highest BCUT2D eigenvalue weighted by Crippen LogP contribution is 2.29. The summed E-state index contributed by atoms with van der Waals surface area (Å²) in [7, 11) is 0. The largest absolute Gasteiger partial charge is 0.508 e. The highest BCUT2D eigenvalue weighted by molar-refractivity contribution is 6.00. The molecule has 0 saturated heterocycles. The average Bonchev–Trinajstić information content (AvgIpc) is 2.42. The van der Waals surface area contributed by atoms with E-state index in [1.807, 2.05) is 6.92 Å². The quantitative estimate of drug-likeness (QED) is 0.825. The minimum Gasteiger partial charge on any atom is -0.508 e. The van der Waals surface area contributed by atoms with Crippen molar-refractivity contribution in [3.05, 3.63) is 59.4 Å². The van der Waals surface area contributed by atoms with E-state index in [-0.39, 0.29) is 11.5 Å². The molecule has 4 heteroatoms. The molecule has 0 aliphatic rings. The van der Waals surface area contributed by atoms with Gasteiger partial charge in [-0.25, -0.2) is 4.39 Å². The van der Waals surface area contributed by atoms with Gasteiger partial charge in [-0.05, 0) is 43.2 Å². The van der Waals surface area contributed by atoms with E-state index < -0.39 is 5.82 Å². The summed E-state index contributed by atoms with van der Waals surface area (Å²) in [6, 6.07) is 7.03. The molecule has 0 aliphatic carbocycles. The van der Waals surface area contributed by atoms with Crippen molar-refractivity contribution in [2.45, 2.75) is 13.8 Å². The third-order valence-corrected chi connectivity index (χ3v) is 3.26. The van der Waals surface area contributed by atoms with E-state index in [1.54, 1.807) is 19.1 Å².